The van der Waals surface area contributed by atoms with Crippen LogP contribution in [0.3, 0.4) is 0 Å². The molecule has 1 amide bonds. The molecule has 6 nitrogen and oxygen atoms in total. The molecule has 2 N–H and O–H groups in total. The van der Waals surface area contributed by atoms with Crippen molar-refractivity contribution in [3.63, 3.8) is 0 Å². The van der Waals surface area contributed by atoms with Crippen LogP contribution >= 0.6 is 0 Å². The quantitative estimate of drug-likeness (QED) is 0.366. The summed E-state index contributed by atoms with van der Waals surface area (Å²) in [7, 11) is 0. The fourth-order valence-electron chi connectivity index (χ4n) is 4.11. The second kappa shape index (κ2) is 14.9. The first-order valence-electron chi connectivity index (χ1n) is 14.0. The van der Waals surface area contributed by atoms with Gasteiger partial charge in [0.25, 0.3) is 0 Å². The highest BCUT2D eigenvalue weighted by atomic mass is 16.6. The van der Waals surface area contributed by atoms with Gasteiger partial charge < -0.3 is 15.4 Å². The maximum atomic E-state index is 13.0. The van der Waals surface area contributed by atoms with Crippen molar-refractivity contribution < 1.29 is 14.3 Å². The minimum atomic E-state index is -0.534. The lowest BCUT2D eigenvalue weighted by atomic mass is 9.86. The van der Waals surface area contributed by atoms with Gasteiger partial charge in [-0.15, -0.1) is 0 Å². The predicted octanol–water partition coefficient (Wildman–Crippen LogP) is 7.96. The van der Waals surface area contributed by atoms with E-state index in [1.807, 2.05) is 39.5 Å². The van der Waals surface area contributed by atoms with Crippen LogP contribution in [-0.4, -0.2) is 40.7 Å². The molecule has 1 fully saturated rings. The fourth-order valence-corrected chi connectivity index (χ4v) is 4.11. The first kappa shape index (κ1) is 33.1. The summed E-state index contributed by atoms with van der Waals surface area (Å²) in [5.74, 6) is 0.924. The number of hydrogen-bond donors (Lipinski definition) is 1. The van der Waals surface area contributed by atoms with Crippen LogP contribution in [0.1, 0.15) is 100.0 Å². The predicted molar refractivity (Wildman–Crippen MR) is 160 cm³/mol. The molecule has 0 spiro atoms. The van der Waals surface area contributed by atoms with E-state index < -0.39 is 5.60 Å². The molecule has 1 heterocycles. The van der Waals surface area contributed by atoms with Gasteiger partial charge in [0.05, 0.1) is 11.7 Å². The maximum Gasteiger partial charge on any atom is 0.410 e. The number of aliphatic imine (C=N–C) groups is 1. The lowest BCUT2D eigenvalue weighted by Crippen LogP contribution is -2.50. The van der Waals surface area contributed by atoms with E-state index in [1.54, 1.807) is 0 Å². The number of carbonyl (C=O) groups excluding carboxylic acids is 2. The van der Waals surface area contributed by atoms with E-state index >= 15 is 0 Å². The molecular weight excluding hydrogens is 474 g/mol. The summed E-state index contributed by atoms with van der Waals surface area (Å²) in [5.41, 5.74) is 11.2. The van der Waals surface area contributed by atoms with Crippen molar-refractivity contribution in [3.8, 4) is 0 Å². The van der Waals surface area contributed by atoms with Gasteiger partial charge in [0.15, 0.2) is 5.78 Å². The summed E-state index contributed by atoms with van der Waals surface area (Å²) in [6.45, 7) is 24.0. The highest BCUT2D eigenvalue weighted by molar-refractivity contribution is 6.05. The number of nitrogens with two attached hydrogens (primary N) is 1. The summed E-state index contributed by atoms with van der Waals surface area (Å²) in [5, 5.41) is 0. The van der Waals surface area contributed by atoms with Crippen molar-refractivity contribution in [2.24, 2.45) is 22.6 Å². The Balaban J connectivity index is 0.000000905. The third-order valence-corrected chi connectivity index (χ3v) is 6.67. The molecule has 0 bridgehead atoms. The normalized spacial score (nSPS) is 19.1. The van der Waals surface area contributed by atoms with Gasteiger partial charge in [0.2, 0.25) is 0 Å². The number of amides is 1. The molecule has 2 atom stereocenters. The molecule has 1 saturated heterocycles. The lowest BCUT2D eigenvalue weighted by molar-refractivity contribution is -0.117. The maximum absolute atomic E-state index is 13.0. The standard InChI is InChI=1S/C26H41N3O2.C6H10O/c1-9-18(5)24(27)23-21(28-20-13-11-19(12-14-20)17(3)4)15-16-29(22(23)10-2)25(30)31-26(6,7)8;1-4-6(7)5(2)3/h11-14,17-18,22H,9-10,15-16,27H2,1-8H3;4-5H,1H2,2-3H3/b24-23+,28-21?;. The summed E-state index contributed by atoms with van der Waals surface area (Å²) >= 11 is 0. The highest BCUT2D eigenvalue weighted by Crippen LogP contribution is 2.31. The fraction of sp³-hybridized carbons (Fsp3) is 0.594. The number of nitrogens with zero attached hydrogens (tertiary/aromatic N) is 2. The molecule has 2 rings (SSSR count). The van der Waals surface area contributed by atoms with Crippen LogP contribution in [0, 0.1) is 11.8 Å². The van der Waals surface area contributed by atoms with Crippen molar-refractivity contribution in [2.75, 3.05) is 6.54 Å². The Morgan fingerprint density at radius 3 is 2.11 bits per heavy atom. The van der Waals surface area contributed by atoms with E-state index in [9.17, 15) is 9.59 Å². The van der Waals surface area contributed by atoms with Gasteiger partial charge in [-0.1, -0.05) is 67.2 Å². The average molecular weight is 526 g/mol. The summed E-state index contributed by atoms with van der Waals surface area (Å²) < 4.78 is 5.70. The first-order chi connectivity index (χ1) is 17.7. The van der Waals surface area contributed by atoms with Crippen LogP contribution in [0.2, 0.25) is 0 Å². The average Bonchev–Trinajstić information content (AvgIpc) is 2.86. The van der Waals surface area contributed by atoms with Crippen molar-refractivity contribution in [1.82, 2.24) is 4.90 Å². The van der Waals surface area contributed by atoms with Crippen LogP contribution in [0.25, 0.3) is 0 Å². The molecule has 2 unspecified atom stereocenters. The molecule has 1 aliphatic heterocycles. The van der Waals surface area contributed by atoms with Crippen molar-refractivity contribution >= 4 is 23.3 Å². The van der Waals surface area contributed by atoms with E-state index in [0.717, 1.165) is 35.5 Å². The Labute approximate surface area is 231 Å². The second-order valence-corrected chi connectivity index (χ2v) is 11.6. The van der Waals surface area contributed by atoms with Crippen LogP contribution in [0.5, 0.6) is 0 Å². The molecule has 0 aromatic heterocycles. The largest absolute Gasteiger partial charge is 0.444 e. The van der Waals surface area contributed by atoms with Gasteiger partial charge in [-0.3, -0.25) is 9.79 Å². The molecule has 0 radical (unpaired) electrons. The third kappa shape index (κ3) is 9.77. The number of likely N-dealkylation sites (tertiary alicyclic amines) is 1. The lowest BCUT2D eigenvalue weighted by Gasteiger charge is -2.40. The minimum Gasteiger partial charge on any atom is -0.444 e. The summed E-state index contributed by atoms with van der Waals surface area (Å²) in [6.07, 6.45) is 3.43. The van der Waals surface area contributed by atoms with Crippen molar-refractivity contribution in [1.29, 1.82) is 0 Å². The monoisotopic (exact) mass is 525 g/mol. The second-order valence-electron chi connectivity index (χ2n) is 11.6. The van der Waals surface area contributed by atoms with Gasteiger partial charge in [0, 0.05) is 35.9 Å². The molecule has 1 aromatic carbocycles. The van der Waals surface area contributed by atoms with Gasteiger partial charge in [-0.05, 0) is 69.2 Å². The van der Waals surface area contributed by atoms with Crippen LogP contribution < -0.4 is 5.73 Å². The van der Waals surface area contributed by atoms with Gasteiger partial charge in [-0.2, -0.15) is 0 Å². The smallest absolute Gasteiger partial charge is 0.410 e. The zero-order valence-electron chi connectivity index (χ0n) is 25.4. The Hall–Kier alpha value is -2.89. The highest BCUT2D eigenvalue weighted by Gasteiger charge is 2.37. The molecule has 1 aromatic rings. The van der Waals surface area contributed by atoms with E-state index in [1.165, 1.54) is 11.6 Å². The van der Waals surface area contributed by atoms with Gasteiger partial charge in [-0.25, -0.2) is 4.79 Å². The Kier molecular flexibility index (Phi) is 13.0. The van der Waals surface area contributed by atoms with Crippen molar-refractivity contribution in [2.45, 2.75) is 106 Å². The molecule has 212 valence electrons. The van der Waals surface area contributed by atoms with Crippen LogP contribution in [0.4, 0.5) is 10.5 Å². The van der Waals surface area contributed by atoms with E-state index in [0.29, 0.717) is 18.9 Å². The Morgan fingerprint density at radius 2 is 1.71 bits per heavy atom. The first-order valence-corrected chi connectivity index (χ1v) is 14.0. The zero-order valence-corrected chi connectivity index (χ0v) is 25.4. The molecular formula is C32H51N3O3. The van der Waals surface area contributed by atoms with E-state index in [4.69, 9.17) is 15.5 Å². The number of allylic oxidation sites excluding steroid dienone is 2. The number of hydrogen-bond acceptors (Lipinski definition) is 5. The van der Waals surface area contributed by atoms with E-state index in [-0.39, 0.29) is 29.8 Å². The minimum absolute atomic E-state index is 0.109. The van der Waals surface area contributed by atoms with Crippen LogP contribution in [0.15, 0.2) is 53.2 Å². The number of ketones is 1. The topological polar surface area (TPSA) is 85.0 Å². The van der Waals surface area contributed by atoms with E-state index in [2.05, 4.69) is 65.5 Å². The Bertz CT molecular complexity index is 998. The number of ether oxygens (including phenoxy) is 1. The summed E-state index contributed by atoms with van der Waals surface area (Å²) in [6, 6.07) is 8.28. The molecule has 0 saturated carbocycles. The number of benzene rings is 1. The molecule has 38 heavy (non-hydrogen) atoms. The molecule has 0 aliphatic carbocycles. The van der Waals surface area contributed by atoms with Gasteiger partial charge in [0.1, 0.15) is 5.60 Å². The Morgan fingerprint density at radius 1 is 1.13 bits per heavy atom. The summed E-state index contributed by atoms with van der Waals surface area (Å²) in [4.78, 5) is 30.2. The number of carbonyl (C=O) groups is 2. The molecule has 1 aliphatic rings. The SMILES string of the molecule is C=CC(=O)C(C)C.CCC(C)/C(N)=C1/C(=Nc2ccc(C(C)C)cc2)CCN(C(=O)OC(C)(C)C)C1CC. The zero-order chi connectivity index (χ0) is 29.2. The van der Waals surface area contributed by atoms with Crippen molar-refractivity contribution in [3.05, 3.63) is 53.8 Å². The number of piperidine rings is 1. The van der Waals surface area contributed by atoms with Crippen LogP contribution in [-0.2, 0) is 9.53 Å². The van der Waals surface area contributed by atoms with Gasteiger partial charge >= 0.3 is 6.09 Å². The number of rotatable bonds is 7. The third-order valence-electron chi connectivity index (χ3n) is 6.67. The molecule has 6 heteroatoms.